The van der Waals surface area contributed by atoms with Crippen LogP contribution in [0.1, 0.15) is 32.4 Å². The topological polar surface area (TPSA) is 93.3 Å². The minimum absolute atomic E-state index is 0.200. The van der Waals surface area contributed by atoms with Crippen LogP contribution in [-0.4, -0.2) is 35.3 Å². The van der Waals surface area contributed by atoms with E-state index in [9.17, 15) is 9.59 Å². The van der Waals surface area contributed by atoms with Gasteiger partial charge in [-0.3, -0.25) is 9.59 Å². The van der Waals surface area contributed by atoms with Crippen molar-refractivity contribution >= 4 is 23.4 Å². The maximum absolute atomic E-state index is 12.5. The standard InChI is InChI=1S/C19H25N3O4S/c1-5-6-7-13-11-17(23)22-19(21-13)27-12(2)18(24)20-14-8-9-15(25-3)16(10-14)26-4/h8-12H,5-7H2,1-4H3,(H,20,24)(H,21,22,23). The van der Waals surface area contributed by atoms with Crippen LogP contribution in [0.5, 0.6) is 11.5 Å². The van der Waals surface area contributed by atoms with E-state index in [1.165, 1.54) is 24.9 Å². The highest BCUT2D eigenvalue weighted by Gasteiger charge is 2.17. The summed E-state index contributed by atoms with van der Waals surface area (Å²) < 4.78 is 10.4. The fraction of sp³-hybridized carbons (Fsp3) is 0.421. The Morgan fingerprint density at radius 1 is 1.26 bits per heavy atom. The Hall–Kier alpha value is -2.48. The molecule has 27 heavy (non-hydrogen) atoms. The van der Waals surface area contributed by atoms with Gasteiger partial charge in [-0.1, -0.05) is 25.1 Å². The van der Waals surface area contributed by atoms with E-state index in [0.717, 1.165) is 25.0 Å². The summed E-state index contributed by atoms with van der Waals surface area (Å²) in [4.78, 5) is 31.4. The van der Waals surface area contributed by atoms with Crippen molar-refractivity contribution in [3.05, 3.63) is 40.3 Å². The molecule has 0 aliphatic heterocycles. The molecule has 0 radical (unpaired) electrons. The number of benzene rings is 1. The fourth-order valence-electron chi connectivity index (χ4n) is 2.40. The molecule has 0 fully saturated rings. The Balaban J connectivity index is 2.05. The van der Waals surface area contributed by atoms with Crippen molar-refractivity contribution in [3.8, 4) is 11.5 Å². The number of aromatic nitrogens is 2. The first-order valence-corrected chi connectivity index (χ1v) is 9.64. The first kappa shape index (κ1) is 20.8. The zero-order valence-electron chi connectivity index (χ0n) is 16.0. The number of anilines is 1. The molecule has 0 bridgehead atoms. The summed E-state index contributed by atoms with van der Waals surface area (Å²) in [5.74, 6) is 0.919. The van der Waals surface area contributed by atoms with Crippen LogP contribution in [0.3, 0.4) is 0 Å². The highest BCUT2D eigenvalue weighted by atomic mass is 32.2. The molecule has 2 N–H and O–H groups in total. The normalized spacial score (nSPS) is 11.7. The second-order valence-electron chi connectivity index (χ2n) is 5.96. The first-order valence-electron chi connectivity index (χ1n) is 8.76. The number of aryl methyl sites for hydroxylation is 1. The number of thioether (sulfide) groups is 1. The summed E-state index contributed by atoms with van der Waals surface area (Å²) in [7, 11) is 3.09. The zero-order chi connectivity index (χ0) is 19.8. The molecule has 0 saturated heterocycles. The number of nitrogens with one attached hydrogen (secondary N) is 2. The van der Waals surface area contributed by atoms with Crippen molar-refractivity contribution < 1.29 is 14.3 Å². The molecule has 1 aromatic carbocycles. The van der Waals surface area contributed by atoms with Crippen LogP contribution in [0.15, 0.2) is 34.2 Å². The maximum Gasteiger partial charge on any atom is 0.251 e. The third kappa shape index (κ3) is 6.02. The molecule has 0 spiro atoms. The molecule has 1 aromatic heterocycles. The van der Waals surface area contributed by atoms with E-state index in [0.29, 0.717) is 22.3 Å². The van der Waals surface area contributed by atoms with Gasteiger partial charge in [-0.25, -0.2) is 4.98 Å². The number of carbonyl (C=O) groups is 1. The van der Waals surface area contributed by atoms with Gasteiger partial charge in [0.1, 0.15) is 0 Å². The molecule has 146 valence electrons. The van der Waals surface area contributed by atoms with Crippen LogP contribution in [0.2, 0.25) is 0 Å². The smallest absolute Gasteiger partial charge is 0.251 e. The summed E-state index contributed by atoms with van der Waals surface area (Å²) >= 11 is 1.22. The second-order valence-corrected chi connectivity index (χ2v) is 7.29. The molecule has 0 aliphatic rings. The maximum atomic E-state index is 12.5. The van der Waals surface area contributed by atoms with Crippen molar-refractivity contribution in [1.82, 2.24) is 9.97 Å². The molecule has 8 heteroatoms. The summed E-state index contributed by atoms with van der Waals surface area (Å²) in [5, 5.41) is 2.84. The summed E-state index contributed by atoms with van der Waals surface area (Å²) in [6.07, 6.45) is 2.75. The van der Waals surface area contributed by atoms with E-state index in [1.807, 2.05) is 0 Å². The molecule has 1 heterocycles. The lowest BCUT2D eigenvalue weighted by atomic mass is 10.2. The second kappa shape index (κ2) is 10.0. The number of ether oxygens (including phenoxy) is 2. The van der Waals surface area contributed by atoms with Gasteiger partial charge in [-0.05, 0) is 31.9 Å². The number of amides is 1. The van der Waals surface area contributed by atoms with Crippen molar-refractivity contribution in [3.63, 3.8) is 0 Å². The Bertz CT molecular complexity index is 838. The number of aromatic amines is 1. The number of hydrogen-bond donors (Lipinski definition) is 2. The Morgan fingerprint density at radius 3 is 2.67 bits per heavy atom. The van der Waals surface area contributed by atoms with E-state index in [4.69, 9.17) is 9.47 Å². The zero-order valence-corrected chi connectivity index (χ0v) is 16.8. The van der Waals surface area contributed by atoms with Crippen LogP contribution >= 0.6 is 11.8 Å². The summed E-state index contributed by atoms with van der Waals surface area (Å²) in [6.45, 7) is 3.85. The van der Waals surface area contributed by atoms with Crippen molar-refractivity contribution in [2.24, 2.45) is 0 Å². The van der Waals surface area contributed by atoms with E-state index >= 15 is 0 Å². The van der Waals surface area contributed by atoms with Gasteiger partial charge in [0.2, 0.25) is 5.91 Å². The first-order chi connectivity index (χ1) is 13.0. The number of hydrogen-bond acceptors (Lipinski definition) is 6. The monoisotopic (exact) mass is 391 g/mol. The Morgan fingerprint density at radius 2 is 2.00 bits per heavy atom. The molecule has 7 nitrogen and oxygen atoms in total. The third-order valence-electron chi connectivity index (χ3n) is 3.87. The average molecular weight is 391 g/mol. The summed E-state index contributed by atoms with van der Waals surface area (Å²) in [5.41, 5.74) is 1.14. The van der Waals surface area contributed by atoms with Crippen LogP contribution < -0.4 is 20.3 Å². The number of methoxy groups -OCH3 is 2. The molecule has 1 atom stereocenters. The number of nitrogens with zero attached hydrogens (tertiary/aromatic N) is 1. The van der Waals surface area contributed by atoms with Crippen molar-refractivity contribution in [2.75, 3.05) is 19.5 Å². The van der Waals surface area contributed by atoms with Gasteiger partial charge in [0.05, 0.1) is 19.5 Å². The molecule has 2 aromatic rings. The number of rotatable bonds is 9. The number of unbranched alkanes of at least 4 members (excludes halogenated alkanes) is 1. The van der Waals surface area contributed by atoms with E-state index in [2.05, 4.69) is 22.2 Å². The van der Waals surface area contributed by atoms with Gasteiger partial charge in [-0.2, -0.15) is 0 Å². The molecule has 1 amide bonds. The highest BCUT2D eigenvalue weighted by Crippen LogP contribution is 2.30. The fourth-order valence-corrected chi connectivity index (χ4v) is 3.23. The van der Waals surface area contributed by atoms with Crippen molar-refractivity contribution in [1.29, 1.82) is 0 Å². The van der Waals surface area contributed by atoms with Gasteiger partial charge in [0.15, 0.2) is 16.7 Å². The molecule has 1 unspecified atom stereocenters. The Kier molecular flexibility index (Phi) is 7.72. The quantitative estimate of drug-likeness (QED) is 0.503. The van der Waals surface area contributed by atoms with Crippen LogP contribution in [0.25, 0.3) is 0 Å². The predicted molar refractivity (Wildman–Crippen MR) is 107 cm³/mol. The largest absolute Gasteiger partial charge is 0.493 e. The third-order valence-corrected chi connectivity index (χ3v) is 4.85. The number of carbonyl (C=O) groups excluding carboxylic acids is 1. The van der Waals surface area contributed by atoms with Gasteiger partial charge in [-0.15, -0.1) is 0 Å². The summed E-state index contributed by atoms with van der Waals surface area (Å²) in [6, 6.07) is 6.67. The van der Waals surface area contributed by atoms with Crippen LogP contribution in [0, 0.1) is 0 Å². The average Bonchev–Trinajstić information content (AvgIpc) is 2.65. The van der Waals surface area contributed by atoms with Gasteiger partial charge >= 0.3 is 0 Å². The minimum Gasteiger partial charge on any atom is -0.493 e. The van der Waals surface area contributed by atoms with Gasteiger partial charge < -0.3 is 19.8 Å². The lowest BCUT2D eigenvalue weighted by Crippen LogP contribution is -2.23. The Labute approximate surface area is 162 Å². The molecule has 0 saturated carbocycles. The van der Waals surface area contributed by atoms with Crippen LogP contribution in [-0.2, 0) is 11.2 Å². The van der Waals surface area contributed by atoms with Crippen molar-refractivity contribution in [2.45, 2.75) is 43.5 Å². The van der Waals surface area contributed by atoms with Crippen LogP contribution in [0.4, 0.5) is 5.69 Å². The lowest BCUT2D eigenvalue weighted by molar-refractivity contribution is -0.115. The highest BCUT2D eigenvalue weighted by molar-refractivity contribution is 8.00. The lowest BCUT2D eigenvalue weighted by Gasteiger charge is -2.13. The van der Waals surface area contributed by atoms with E-state index in [-0.39, 0.29) is 11.5 Å². The molecular weight excluding hydrogens is 366 g/mol. The molecule has 2 rings (SSSR count). The van der Waals surface area contributed by atoms with Gasteiger partial charge in [0.25, 0.3) is 5.56 Å². The minimum atomic E-state index is -0.442. The molecular formula is C19H25N3O4S. The van der Waals surface area contributed by atoms with E-state index < -0.39 is 5.25 Å². The van der Waals surface area contributed by atoms with Gasteiger partial charge in [0, 0.05) is 23.5 Å². The SMILES string of the molecule is CCCCc1cc(=O)[nH]c(SC(C)C(=O)Nc2ccc(OC)c(OC)c2)n1. The predicted octanol–water partition coefficient (Wildman–Crippen LogP) is 3.25. The van der Waals surface area contributed by atoms with E-state index in [1.54, 1.807) is 32.2 Å². The molecule has 0 aliphatic carbocycles. The number of H-pyrrole nitrogens is 1.